The van der Waals surface area contributed by atoms with Crippen LogP contribution in [0.15, 0.2) is 4.42 Å². The van der Waals surface area contributed by atoms with Crippen LogP contribution >= 0.6 is 24.8 Å². The summed E-state index contributed by atoms with van der Waals surface area (Å²) in [6, 6.07) is 0. The van der Waals surface area contributed by atoms with E-state index >= 15 is 0 Å². The minimum absolute atomic E-state index is 0. The average Bonchev–Trinajstić information content (AvgIpc) is 2.75. The molecule has 5 heteroatoms. The van der Waals surface area contributed by atoms with Crippen LogP contribution in [0.3, 0.4) is 0 Å². The predicted molar refractivity (Wildman–Crippen MR) is 55.6 cm³/mol. The Morgan fingerprint density at radius 2 is 2.08 bits per heavy atom. The van der Waals surface area contributed by atoms with Crippen LogP contribution in [0.5, 0.6) is 0 Å². The molecule has 0 amide bonds. The number of hydrogen-bond acceptors (Lipinski definition) is 3. The summed E-state index contributed by atoms with van der Waals surface area (Å²) < 4.78 is 5.33. The van der Waals surface area contributed by atoms with E-state index in [-0.39, 0.29) is 24.8 Å². The van der Waals surface area contributed by atoms with Gasteiger partial charge < -0.3 is 10.2 Å². The highest BCUT2D eigenvalue weighted by molar-refractivity contribution is 5.85. The minimum atomic E-state index is 0. The molecule has 3 nitrogen and oxygen atoms in total. The summed E-state index contributed by atoms with van der Waals surface area (Å²) in [6.45, 7) is 2.34. The van der Waals surface area contributed by atoms with Crippen LogP contribution in [0.4, 0.5) is 0 Å². The molecule has 0 spiro atoms. The van der Waals surface area contributed by atoms with Crippen LogP contribution in [-0.4, -0.2) is 4.98 Å². The molecule has 0 aliphatic heterocycles. The van der Waals surface area contributed by atoms with E-state index in [1.54, 1.807) is 0 Å². The lowest BCUT2D eigenvalue weighted by atomic mass is 10.2. The van der Waals surface area contributed by atoms with Crippen LogP contribution in [-0.2, 0) is 6.54 Å². The third kappa shape index (κ3) is 2.59. The molecular formula is C8H14Cl2N2O. The Balaban J connectivity index is 0.000000720. The summed E-state index contributed by atoms with van der Waals surface area (Å²) in [5, 5.41) is 0. The van der Waals surface area contributed by atoms with Crippen molar-refractivity contribution in [1.82, 2.24) is 4.98 Å². The molecule has 2 rings (SSSR count). The zero-order valence-corrected chi connectivity index (χ0v) is 9.08. The second-order valence-corrected chi connectivity index (χ2v) is 3.02. The number of aryl methyl sites for hydroxylation is 1. The number of nitrogens with two attached hydrogens (primary N) is 1. The van der Waals surface area contributed by atoms with Crippen molar-refractivity contribution in [1.29, 1.82) is 0 Å². The Morgan fingerprint density at radius 1 is 1.46 bits per heavy atom. The summed E-state index contributed by atoms with van der Waals surface area (Å²) in [7, 11) is 0. The molecule has 1 aromatic rings. The fourth-order valence-corrected chi connectivity index (χ4v) is 1.31. The Bertz CT molecular complexity index is 271. The van der Waals surface area contributed by atoms with Crippen molar-refractivity contribution in [2.24, 2.45) is 5.73 Å². The van der Waals surface area contributed by atoms with E-state index in [2.05, 4.69) is 4.98 Å². The van der Waals surface area contributed by atoms with Crippen molar-refractivity contribution in [3.05, 3.63) is 17.3 Å². The van der Waals surface area contributed by atoms with Gasteiger partial charge in [0.25, 0.3) is 0 Å². The molecule has 1 saturated carbocycles. The third-order valence-corrected chi connectivity index (χ3v) is 1.98. The van der Waals surface area contributed by atoms with Gasteiger partial charge in [-0.25, -0.2) is 4.98 Å². The smallest absolute Gasteiger partial charge is 0.191 e. The van der Waals surface area contributed by atoms with Crippen LogP contribution in [0, 0.1) is 6.92 Å². The number of rotatable bonds is 2. The molecule has 1 aliphatic rings. The molecule has 0 radical (unpaired) electrons. The van der Waals surface area contributed by atoms with Crippen molar-refractivity contribution in [3.8, 4) is 0 Å². The minimum Gasteiger partial charge on any atom is -0.444 e. The fraction of sp³-hybridized carbons (Fsp3) is 0.625. The van der Waals surface area contributed by atoms with Gasteiger partial charge in [-0.1, -0.05) is 0 Å². The number of halogens is 2. The van der Waals surface area contributed by atoms with Gasteiger partial charge in [0.15, 0.2) is 5.89 Å². The lowest BCUT2D eigenvalue weighted by molar-refractivity contribution is 0.475. The molecule has 76 valence electrons. The first-order valence-electron chi connectivity index (χ1n) is 3.97. The first-order valence-corrected chi connectivity index (χ1v) is 3.97. The summed E-state index contributed by atoms with van der Waals surface area (Å²) in [6.07, 6.45) is 2.50. The van der Waals surface area contributed by atoms with E-state index in [4.69, 9.17) is 10.2 Å². The molecule has 0 unspecified atom stereocenters. The van der Waals surface area contributed by atoms with Gasteiger partial charge in [-0.3, -0.25) is 0 Å². The molecule has 1 heterocycles. The molecule has 0 saturated heterocycles. The van der Waals surface area contributed by atoms with Crippen molar-refractivity contribution in [2.75, 3.05) is 0 Å². The number of aromatic nitrogens is 1. The van der Waals surface area contributed by atoms with Gasteiger partial charge in [-0.2, -0.15) is 0 Å². The monoisotopic (exact) mass is 224 g/mol. The Morgan fingerprint density at radius 3 is 2.54 bits per heavy atom. The number of oxazole rings is 1. The highest BCUT2D eigenvalue weighted by Gasteiger charge is 2.29. The Hall–Kier alpha value is -0.250. The van der Waals surface area contributed by atoms with Crippen molar-refractivity contribution < 1.29 is 4.42 Å². The molecule has 1 fully saturated rings. The van der Waals surface area contributed by atoms with Crippen LogP contribution in [0.25, 0.3) is 0 Å². The van der Waals surface area contributed by atoms with Crippen LogP contribution in [0.1, 0.15) is 36.1 Å². The third-order valence-electron chi connectivity index (χ3n) is 1.98. The maximum Gasteiger partial charge on any atom is 0.191 e. The molecule has 1 aliphatic carbocycles. The molecule has 13 heavy (non-hydrogen) atoms. The standard InChI is InChI=1S/C8H12N2O.2ClH/c1-5-10-8(6-2-3-6)7(4-9)11-5;;/h6H,2-4,9H2,1H3;2*1H. The summed E-state index contributed by atoms with van der Waals surface area (Å²) in [4.78, 5) is 4.30. The molecule has 1 aromatic heterocycles. The lowest BCUT2D eigenvalue weighted by Crippen LogP contribution is -1.97. The molecule has 0 atom stereocenters. The maximum atomic E-state index is 5.50. The van der Waals surface area contributed by atoms with E-state index < -0.39 is 0 Å². The maximum absolute atomic E-state index is 5.50. The van der Waals surface area contributed by atoms with Crippen LogP contribution < -0.4 is 5.73 Å². The predicted octanol–water partition coefficient (Wildman–Crippen LogP) is 2.16. The zero-order chi connectivity index (χ0) is 7.84. The van der Waals surface area contributed by atoms with Crippen molar-refractivity contribution in [2.45, 2.75) is 32.2 Å². The van der Waals surface area contributed by atoms with Crippen LogP contribution in [0.2, 0.25) is 0 Å². The van der Waals surface area contributed by atoms with Gasteiger partial charge in [-0.05, 0) is 12.8 Å². The Kier molecular flexibility index (Phi) is 4.75. The van der Waals surface area contributed by atoms with Gasteiger partial charge in [-0.15, -0.1) is 24.8 Å². The van der Waals surface area contributed by atoms with E-state index in [1.165, 1.54) is 12.8 Å². The molecule has 0 bridgehead atoms. The number of hydrogen-bond donors (Lipinski definition) is 1. The normalized spacial score (nSPS) is 14.6. The van der Waals surface area contributed by atoms with Gasteiger partial charge in [0.1, 0.15) is 5.76 Å². The highest BCUT2D eigenvalue weighted by atomic mass is 35.5. The summed E-state index contributed by atoms with van der Waals surface area (Å²) in [5.74, 6) is 2.27. The topological polar surface area (TPSA) is 52.0 Å². The Labute approximate surface area is 89.9 Å². The van der Waals surface area contributed by atoms with E-state index in [1.807, 2.05) is 6.92 Å². The SMILES string of the molecule is Cc1nc(C2CC2)c(CN)o1.Cl.Cl. The van der Waals surface area contributed by atoms with E-state index in [9.17, 15) is 0 Å². The van der Waals surface area contributed by atoms with Gasteiger partial charge >= 0.3 is 0 Å². The fourth-order valence-electron chi connectivity index (χ4n) is 1.31. The van der Waals surface area contributed by atoms with Gasteiger partial charge in [0.05, 0.1) is 12.2 Å². The van der Waals surface area contributed by atoms with E-state index in [0.717, 1.165) is 17.3 Å². The lowest BCUT2D eigenvalue weighted by Gasteiger charge is -1.91. The van der Waals surface area contributed by atoms with Gasteiger partial charge in [0.2, 0.25) is 0 Å². The zero-order valence-electron chi connectivity index (χ0n) is 7.45. The molecule has 0 aromatic carbocycles. The molecular weight excluding hydrogens is 211 g/mol. The largest absolute Gasteiger partial charge is 0.444 e. The van der Waals surface area contributed by atoms with Crippen molar-refractivity contribution in [3.63, 3.8) is 0 Å². The van der Waals surface area contributed by atoms with Crippen molar-refractivity contribution >= 4 is 24.8 Å². The first kappa shape index (κ1) is 12.8. The summed E-state index contributed by atoms with van der Waals surface area (Å²) in [5.41, 5.74) is 6.60. The second-order valence-electron chi connectivity index (χ2n) is 3.02. The first-order chi connectivity index (χ1) is 5.31. The second kappa shape index (κ2) is 4.84. The van der Waals surface area contributed by atoms with E-state index in [0.29, 0.717) is 12.5 Å². The number of nitrogens with zero attached hydrogens (tertiary/aromatic N) is 1. The van der Waals surface area contributed by atoms with Gasteiger partial charge in [0, 0.05) is 12.8 Å². The average molecular weight is 225 g/mol. The highest BCUT2D eigenvalue weighted by Crippen LogP contribution is 2.41. The summed E-state index contributed by atoms with van der Waals surface area (Å²) >= 11 is 0. The molecule has 2 N–H and O–H groups in total. The quantitative estimate of drug-likeness (QED) is 0.838.